The molecule has 1 fully saturated rings. The SMILES string of the molecule is N#CCCN(C(=O)c1sc2cccc(Br)c2c1N)C1CC1. The Morgan fingerprint density at radius 3 is 2.90 bits per heavy atom. The predicted octanol–water partition coefficient (Wildman–Crippen LogP) is 3.76. The van der Waals surface area contributed by atoms with Crippen LogP contribution in [-0.4, -0.2) is 23.4 Å². The number of nitrogens with zero attached hydrogens (tertiary/aromatic N) is 2. The van der Waals surface area contributed by atoms with E-state index in [0.717, 1.165) is 27.4 Å². The van der Waals surface area contributed by atoms with Crippen LogP contribution in [0.15, 0.2) is 22.7 Å². The first-order valence-corrected chi connectivity index (χ1v) is 8.39. The second kappa shape index (κ2) is 5.66. The van der Waals surface area contributed by atoms with Crippen LogP contribution in [0.5, 0.6) is 0 Å². The molecule has 0 bridgehead atoms. The predicted molar refractivity (Wildman–Crippen MR) is 88.2 cm³/mol. The maximum atomic E-state index is 12.8. The second-order valence-electron chi connectivity index (χ2n) is 5.10. The van der Waals surface area contributed by atoms with Gasteiger partial charge in [-0.1, -0.05) is 22.0 Å². The lowest BCUT2D eigenvalue weighted by Crippen LogP contribution is -2.33. The fourth-order valence-electron chi connectivity index (χ4n) is 2.43. The molecule has 0 radical (unpaired) electrons. The average molecular weight is 364 g/mol. The number of nitrogen functional groups attached to an aromatic ring is 1. The molecule has 4 nitrogen and oxygen atoms in total. The van der Waals surface area contributed by atoms with Gasteiger partial charge in [0.2, 0.25) is 0 Å². The number of nitriles is 1. The number of benzene rings is 1. The summed E-state index contributed by atoms with van der Waals surface area (Å²) in [5.41, 5.74) is 6.73. The normalized spacial score (nSPS) is 14.1. The number of amides is 1. The summed E-state index contributed by atoms with van der Waals surface area (Å²) in [6.45, 7) is 0.481. The lowest BCUT2D eigenvalue weighted by molar-refractivity contribution is 0.0753. The van der Waals surface area contributed by atoms with Crippen molar-refractivity contribution in [2.75, 3.05) is 12.3 Å². The van der Waals surface area contributed by atoms with Crippen molar-refractivity contribution in [3.05, 3.63) is 27.5 Å². The molecule has 1 aliphatic rings. The molecule has 3 rings (SSSR count). The van der Waals surface area contributed by atoms with Crippen molar-refractivity contribution >= 4 is 48.9 Å². The minimum Gasteiger partial charge on any atom is -0.397 e. The van der Waals surface area contributed by atoms with Crippen LogP contribution < -0.4 is 5.73 Å². The highest BCUT2D eigenvalue weighted by Crippen LogP contribution is 2.40. The number of halogens is 1. The summed E-state index contributed by atoms with van der Waals surface area (Å²) < 4.78 is 1.91. The zero-order valence-electron chi connectivity index (χ0n) is 11.3. The first kappa shape index (κ1) is 14.4. The Kier molecular flexibility index (Phi) is 3.87. The number of anilines is 1. The van der Waals surface area contributed by atoms with Crippen LogP contribution in [-0.2, 0) is 0 Å². The number of thiophene rings is 1. The van der Waals surface area contributed by atoms with E-state index in [4.69, 9.17) is 11.0 Å². The summed E-state index contributed by atoms with van der Waals surface area (Å²) in [6, 6.07) is 8.21. The highest BCUT2D eigenvalue weighted by atomic mass is 79.9. The minimum atomic E-state index is -0.0432. The monoisotopic (exact) mass is 363 g/mol. The van der Waals surface area contributed by atoms with Crippen LogP contribution in [0.2, 0.25) is 0 Å². The number of carbonyl (C=O) groups is 1. The molecule has 1 saturated carbocycles. The summed E-state index contributed by atoms with van der Waals surface area (Å²) in [5, 5.41) is 9.66. The van der Waals surface area contributed by atoms with E-state index in [-0.39, 0.29) is 11.9 Å². The summed E-state index contributed by atoms with van der Waals surface area (Å²) in [7, 11) is 0. The molecule has 2 aromatic rings. The van der Waals surface area contributed by atoms with Gasteiger partial charge in [-0.25, -0.2) is 0 Å². The number of nitrogens with two attached hydrogens (primary N) is 1. The third kappa shape index (κ3) is 2.63. The van der Waals surface area contributed by atoms with Gasteiger partial charge in [-0.2, -0.15) is 5.26 Å². The minimum absolute atomic E-state index is 0.0432. The van der Waals surface area contributed by atoms with Crippen molar-refractivity contribution in [3.63, 3.8) is 0 Å². The molecule has 108 valence electrons. The molecule has 1 aliphatic carbocycles. The highest BCUT2D eigenvalue weighted by molar-refractivity contribution is 9.10. The van der Waals surface area contributed by atoms with Crippen LogP contribution in [0.3, 0.4) is 0 Å². The van der Waals surface area contributed by atoms with E-state index in [1.165, 1.54) is 11.3 Å². The van der Waals surface area contributed by atoms with Crippen LogP contribution in [0.4, 0.5) is 5.69 Å². The van der Waals surface area contributed by atoms with Crippen LogP contribution in [0.1, 0.15) is 28.9 Å². The summed E-state index contributed by atoms with van der Waals surface area (Å²) in [5.74, 6) is -0.0432. The smallest absolute Gasteiger partial charge is 0.266 e. The summed E-state index contributed by atoms with van der Waals surface area (Å²) in [6.07, 6.45) is 2.40. The Bertz CT molecular complexity index is 745. The maximum Gasteiger partial charge on any atom is 0.266 e. The Morgan fingerprint density at radius 1 is 1.52 bits per heavy atom. The molecule has 0 atom stereocenters. The van der Waals surface area contributed by atoms with E-state index in [2.05, 4.69) is 22.0 Å². The van der Waals surface area contributed by atoms with E-state index in [1.54, 1.807) is 4.90 Å². The fourth-order valence-corrected chi connectivity index (χ4v) is 4.24. The van der Waals surface area contributed by atoms with Gasteiger partial charge in [0.05, 0.1) is 18.2 Å². The van der Waals surface area contributed by atoms with E-state index >= 15 is 0 Å². The molecule has 0 spiro atoms. The topological polar surface area (TPSA) is 70.1 Å². The van der Waals surface area contributed by atoms with Gasteiger partial charge in [-0.05, 0) is 25.0 Å². The van der Waals surface area contributed by atoms with Gasteiger partial charge in [0.1, 0.15) is 4.88 Å². The number of fused-ring (bicyclic) bond motifs is 1. The van der Waals surface area contributed by atoms with Crippen molar-refractivity contribution in [3.8, 4) is 6.07 Å². The second-order valence-corrected chi connectivity index (χ2v) is 7.00. The van der Waals surface area contributed by atoms with Gasteiger partial charge in [0.25, 0.3) is 5.91 Å². The Balaban J connectivity index is 1.99. The zero-order chi connectivity index (χ0) is 15.0. The van der Waals surface area contributed by atoms with Crippen molar-refractivity contribution in [2.45, 2.75) is 25.3 Å². The lowest BCUT2D eigenvalue weighted by Gasteiger charge is -2.20. The van der Waals surface area contributed by atoms with Crippen molar-refractivity contribution in [1.82, 2.24) is 4.90 Å². The standard InChI is InChI=1S/C15H14BrN3OS/c16-10-3-1-4-11-12(10)13(18)14(21-11)15(20)19(8-2-7-17)9-5-6-9/h1,3-4,9H,2,5-6,8,18H2. The third-order valence-electron chi connectivity index (χ3n) is 3.61. The molecule has 1 aromatic carbocycles. The van der Waals surface area contributed by atoms with Crippen molar-refractivity contribution in [1.29, 1.82) is 5.26 Å². The van der Waals surface area contributed by atoms with Gasteiger partial charge in [0, 0.05) is 27.1 Å². The Hall–Kier alpha value is -1.58. The molecule has 0 saturated heterocycles. The third-order valence-corrected chi connectivity index (χ3v) is 5.43. The molecular formula is C15H14BrN3OS. The van der Waals surface area contributed by atoms with E-state index in [1.807, 2.05) is 18.2 Å². The summed E-state index contributed by atoms with van der Waals surface area (Å²) >= 11 is 4.91. The van der Waals surface area contributed by atoms with E-state index < -0.39 is 0 Å². The van der Waals surface area contributed by atoms with Crippen molar-refractivity contribution < 1.29 is 4.79 Å². The molecule has 21 heavy (non-hydrogen) atoms. The molecular weight excluding hydrogens is 350 g/mol. The Morgan fingerprint density at radius 2 is 2.29 bits per heavy atom. The zero-order valence-corrected chi connectivity index (χ0v) is 13.7. The van der Waals surface area contributed by atoms with Crippen LogP contribution in [0.25, 0.3) is 10.1 Å². The van der Waals surface area contributed by atoms with Gasteiger partial charge in [0.15, 0.2) is 0 Å². The Labute approximate surface area is 135 Å². The lowest BCUT2D eigenvalue weighted by atomic mass is 10.2. The van der Waals surface area contributed by atoms with Crippen LogP contribution >= 0.6 is 27.3 Å². The number of rotatable bonds is 4. The molecule has 6 heteroatoms. The first-order chi connectivity index (χ1) is 10.1. The fraction of sp³-hybridized carbons (Fsp3) is 0.333. The summed E-state index contributed by atoms with van der Waals surface area (Å²) in [4.78, 5) is 15.2. The van der Waals surface area contributed by atoms with Gasteiger partial charge in [-0.15, -0.1) is 11.3 Å². The largest absolute Gasteiger partial charge is 0.397 e. The van der Waals surface area contributed by atoms with Gasteiger partial charge in [-0.3, -0.25) is 4.79 Å². The van der Waals surface area contributed by atoms with Crippen molar-refractivity contribution in [2.24, 2.45) is 0 Å². The highest BCUT2D eigenvalue weighted by Gasteiger charge is 2.34. The molecule has 1 heterocycles. The average Bonchev–Trinajstić information content (AvgIpc) is 3.24. The van der Waals surface area contributed by atoms with Gasteiger partial charge < -0.3 is 10.6 Å². The molecule has 1 amide bonds. The molecule has 0 unspecified atom stereocenters. The van der Waals surface area contributed by atoms with Crippen LogP contribution in [0, 0.1) is 11.3 Å². The number of hydrogen-bond donors (Lipinski definition) is 1. The van der Waals surface area contributed by atoms with E-state index in [9.17, 15) is 4.79 Å². The quantitative estimate of drug-likeness (QED) is 0.898. The molecule has 1 aromatic heterocycles. The van der Waals surface area contributed by atoms with E-state index in [0.29, 0.717) is 23.5 Å². The maximum absolute atomic E-state index is 12.8. The first-order valence-electron chi connectivity index (χ1n) is 6.78. The number of hydrogen-bond acceptors (Lipinski definition) is 4. The molecule has 2 N–H and O–H groups in total. The number of carbonyl (C=O) groups excluding carboxylic acids is 1. The van der Waals surface area contributed by atoms with Gasteiger partial charge >= 0.3 is 0 Å². The molecule has 0 aliphatic heterocycles.